The van der Waals surface area contributed by atoms with E-state index in [1.54, 1.807) is 6.08 Å². The largest absolute Gasteiger partial charge is 0.394 e. The molecule has 1 aliphatic heterocycles. The van der Waals surface area contributed by atoms with Crippen LogP contribution in [-0.2, 0) is 14.3 Å². The molecule has 9 heteroatoms. The van der Waals surface area contributed by atoms with Gasteiger partial charge in [0.25, 0.3) is 0 Å². The molecule has 6 N–H and O–H groups in total. The first kappa shape index (κ1) is 39.7. The van der Waals surface area contributed by atoms with Crippen molar-refractivity contribution in [2.75, 3.05) is 13.2 Å². The van der Waals surface area contributed by atoms with E-state index in [1.165, 1.54) is 51.4 Å². The third-order valence-electron chi connectivity index (χ3n) is 8.02. The van der Waals surface area contributed by atoms with Crippen molar-refractivity contribution >= 4 is 5.91 Å². The summed E-state index contributed by atoms with van der Waals surface area (Å²) in [6.45, 7) is 3.57. The first-order valence-electron chi connectivity index (χ1n) is 17.1. The lowest BCUT2D eigenvalue weighted by atomic mass is 9.99. The van der Waals surface area contributed by atoms with Gasteiger partial charge in [-0.05, 0) is 38.5 Å². The van der Waals surface area contributed by atoms with Crippen LogP contribution >= 0.6 is 0 Å². The van der Waals surface area contributed by atoms with Crippen LogP contribution in [0.2, 0.25) is 0 Å². The number of hydrogen-bond acceptors (Lipinski definition) is 8. The smallest absolute Gasteiger partial charge is 0.220 e. The molecular weight excluding hydrogens is 550 g/mol. The summed E-state index contributed by atoms with van der Waals surface area (Å²) < 4.78 is 11.0. The van der Waals surface area contributed by atoms with Gasteiger partial charge in [-0.3, -0.25) is 4.79 Å². The van der Waals surface area contributed by atoms with Crippen LogP contribution in [0, 0.1) is 0 Å². The number of carbonyl (C=O) groups excluding carboxylic acids is 1. The van der Waals surface area contributed by atoms with Crippen molar-refractivity contribution in [3.05, 3.63) is 24.3 Å². The second-order valence-corrected chi connectivity index (χ2v) is 12.0. The normalized spacial score (nSPS) is 24.1. The summed E-state index contributed by atoms with van der Waals surface area (Å²) >= 11 is 0. The van der Waals surface area contributed by atoms with Crippen molar-refractivity contribution in [1.29, 1.82) is 0 Å². The average molecular weight is 614 g/mol. The summed E-state index contributed by atoms with van der Waals surface area (Å²) in [5.41, 5.74) is 0. The Hall–Kier alpha value is -1.33. The summed E-state index contributed by atoms with van der Waals surface area (Å²) in [7, 11) is 0. The zero-order valence-corrected chi connectivity index (χ0v) is 27.0. The third-order valence-corrected chi connectivity index (χ3v) is 8.02. The number of hydrogen-bond donors (Lipinski definition) is 6. The van der Waals surface area contributed by atoms with Crippen molar-refractivity contribution < 1.29 is 39.8 Å². The molecule has 0 radical (unpaired) electrons. The fourth-order valence-corrected chi connectivity index (χ4v) is 5.13. The maximum atomic E-state index is 12.7. The Bertz CT molecular complexity index is 731. The number of ether oxygens (including phenoxy) is 2. The lowest BCUT2D eigenvalue weighted by Gasteiger charge is -2.40. The molecule has 1 fully saturated rings. The van der Waals surface area contributed by atoms with E-state index in [0.29, 0.717) is 6.42 Å². The van der Waals surface area contributed by atoms with Gasteiger partial charge in [-0.15, -0.1) is 0 Å². The van der Waals surface area contributed by atoms with E-state index in [-0.39, 0.29) is 12.5 Å². The molecule has 1 heterocycles. The minimum absolute atomic E-state index is 0.194. The molecule has 0 aromatic carbocycles. The van der Waals surface area contributed by atoms with Crippen LogP contribution in [0.1, 0.15) is 129 Å². The maximum Gasteiger partial charge on any atom is 0.220 e. The van der Waals surface area contributed by atoms with E-state index in [4.69, 9.17) is 9.47 Å². The molecule has 252 valence electrons. The minimum atomic E-state index is -1.56. The summed E-state index contributed by atoms with van der Waals surface area (Å²) in [4.78, 5) is 12.7. The van der Waals surface area contributed by atoms with Gasteiger partial charge in [0.2, 0.25) is 5.91 Å². The molecule has 43 heavy (non-hydrogen) atoms. The average Bonchev–Trinajstić information content (AvgIpc) is 3.00. The molecule has 9 nitrogen and oxygen atoms in total. The van der Waals surface area contributed by atoms with E-state index in [0.717, 1.165) is 57.8 Å². The number of allylic oxidation sites excluding steroid dienone is 3. The molecule has 0 aliphatic carbocycles. The lowest BCUT2D eigenvalue weighted by Crippen LogP contribution is -2.60. The Morgan fingerprint density at radius 1 is 0.767 bits per heavy atom. The predicted octanol–water partition coefficient (Wildman–Crippen LogP) is 4.82. The van der Waals surface area contributed by atoms with Crippen LogP contribution in [0.15, 0.2) is 24.3 Å². The third kappa shape index (κ3) is 18.3. The molecular formula is C34H63NO8. The number of nitrogens with one attached hydrogen (secondary N) is 1. The van der Waals surface area contributed by atoms with Crippen LogP contribution in [0.25, 0.3) is 0 Å². The van der Waals surface area contributed by atoms with E-state index in [2.05, 4.69) is 31.3 Å². The second-order valence-electron chi connectivity index (χ2n) is 12.0. The van der Waals surface area contributed by atoms with Crippen LogP contribution in [0.3, 0.4) is 0 Å². The van der Waals surface area contributed by atoms with E-state index in [9.17, 15) is 30.3 Å². The highest BCUT2D eigenvalue weighted by Gasteiger charge is 2.44. The van der Waals surface area contributed by atoms with Crippen LogP contribution in [0.4, 0.5) is 0 Å². The molecule has 1 amide bonds. The first-order chi connectivity index (χ1) is 20.8. The number of aliphatic hydroxyl groups excluding tert-OH is 5. The molecule has 1 saturated heterocycles. The fourth-order valence-electron chi connectivity index (χ4n) is 5.13. The highest BCUT2D eigenvalue weighted by atomic mass is 16.7. The molecule has 0 saturated carbocycles. The molecule has 0 aromatic heterocycles. The zero-order valence-electron chi connectivity index (χ0n) is 27.0. The molecule has 1 aliphatic rings. The summed E-state index contributed by atoms with van der Waals surface area (Å²) in [5, 5.41) is 53.2. The Labute approximate surface area is 260 Å². The molecule has 1 rings (SSSR count). The summed E-state index contributed by atoms with van der Waals surface area (Å²) in [5.74, 6) is -0.197. The van der Waals surface area contributed by atoms with E-state index < -0.39 is 49.5 Å². The van der Waals surface area contributed by atoms with Crippen LogP contribution in [0.5, 0.6) is 0 Å². The Morgan fingerprint density at radius 3 is 1.93 bits per heavy atom. The Balaban J connectivity index is 2.34. The van der Waals surface area contributed by atoms with Crippen molar-refractivity contribution in [2.45, 2.75) is 172 Å². The van der Waals surface area contributed by atoms with Gasteiger partial charge in [-0.25, -0.2) is 0 Å². The lowest BCUT2D eigenvalue weighted by molar-refractivity contribution is -0.302. The predicted molar refractivity (Wildman–Crippen MR) is 170 cm³/mol. The van der Waals surface area contributed by atoms with Crippen LogP contribution in [-0.4, -0.2) is 87.5 Å². The van der Waals surface area contributed by atoms with Gasteiger partial charge in [0.05, 0.1) is 25.4 Å². The summed E-state index contributed by atoms with van der Waals surface area (Å²) in [6, 6.07) is -0.800. The maximum absolute atomic E-state index is 12.7. The van der Waals surface area contributed by atoms with Gasteiger partial charge < -0.3 is 40.3 Å². The van der Waals surface area contributed by atoms with Gasteiger partial charge in [0.1, 0.15) is 24.4 Å². The highest BCUT2D eigenvalue weighted by Crippen LogP contribution is 2.22. The van der Waals surface area contributed by atoms with Gasteiger partial charge in [0.15, 0.2) is 6.29 Å². The molecule has 7 atom stereocenters. The Morgan fingerprint density at radius 2 is 1.33 bits per heavy atom. The number of rotatable bonds is 26. The minimum Gasteiger partial charge on any atom is -0.394 e. The quantitative estimate of drug-likeness (QED) is 0.0601. The SMILES string of the molecule is CCCC/C=C/C(O)C(COC1OC(CO)C(O)C(O)C1O)NC(=O)CCCCCCC/C=C\CCCCCCCCC. The highest BCUT2D eigenvalue weighted by molar-refractivity contribution is 5.76. The second kappa shape index (κ2) is 25.9. The van der Waals surface area contributed by atoms with Gasteiger partial charge >= 0.3 is 0 Å². The molecule has 7 unspecified atom stereocenters. The molecule has 0 bridgehead atoms. The monoisotopic (exact) mass is 613 g/mol. The van der Waals surface area contributed by atoms with Crippen LogP contribution < -0.4 is 5.32 Å². The van der Waals surface area contributed by atoms with Crippen molar-refractivity contribution in [3.8, 4) is 0 Å². The van der Waals surface area contributed by atoms with Gasteiger partial charge in [-0.1, -0.05) is 109 Å². The number of carbonyl (C=O) groups is 1. The standard InChI is InChI=1S/C34H63NO8/c1-3-5-7-9-10-11-12-13-14-15-16-17-18-19-20-22-24-30(38)35-27(28(37)23-21-8-6-4-2)26-42-34-33(41)32(40)31(39)29(25-36)43-34/h14-15,21,23,27-29,31-34,36-37,39-41H,3-13,16-20,22,24-26H2,1-2H3,(H,35,38)/b15-14-,23-21+. The van der Waals surface area contributed by atoms with Gasteiger partial charge in [-0.2, -0.15) is 0 Å². The molecule has 0 spiro atoms. The molecule has 0 aromatic rings. The van der Waals surface area contributed by atoms with Gasteiger partial charge in [0, 0.05) is 6.42 Å². The van der Waals surface area contributed by atoms with E-state index >= 15 is 0 Å². The number of unbranched alkanes of at least 4 members (excludes halogenated alkanes) is 14. The topological polar surface area (TPSA) is 149 Å². The van der Waals surface area contributed by atoms with Crippen molar-refractivity contribution in [2.24, 2.45) is 0 Å². The number of aliphatic hydroxyl groups is 5. The fraction of sp³-hybridized carbons (Fsp3) is 0.853. The zero-order chi connectivity index (χ0) is 31.7. The van der Waals surface area contributed by atoms with E-state index in [1.807, 2.05) is 6.08 Å². The van der Waals surface area contributed by atoms with Crippen molar-refractivity contribution in [3.63, 3.8) is 0 Å². The van der Waals surface area contributed by atoms with Crippen molar-refractivity contribution in [1.82, 2.24) is 5.32 Å². The summed E-state index contributed by atoms with van der Waals surface area (Å²) in [6.07, 6.45) is 20.0. The number of amides is 1. The first-order valence-corrected chi connectivity index (χ1v) is 17.1. The Kier molecular flexibility index (Phi) is 23.9.